The number of rotatable bonds is 4. The first kappa shape index (κ1) is 16.9. The molecule has 0 saturated heterocycles. The average molecular weight is 351 g/mol. The van der Waals surface area contributed by atoms with Crippen molar-refractivity contribution in [2.75, 3.05) is 12.4 Å². The molecule has 0 atom stereocenters. The topological polar surface area (TPSA) is 71.1 Å². The zero-order valence-electron chi connectivity index (χ0n) is 13.9. The highest BCUT2D eigenvalue weighted by molar-refractivity contribution is 7.13. The summed E-state index contributed by atoms with van der Waals surface area (Å²) >= 11 is 1.43. The normalized spacial score (nSPS) is 10.3. The Labute approximate surface area is 149 Å². The summed E-state index contributed by atoms with van der Waals surface area (Å²) in [6, 6.07) is 14.7. The van der Waals surface area contributed by atoms with Crippen LogP contribution >= 0.6 is 11.3 Å². The van der Waals surface area contributed by atoms with E-state index in [0.717, 1.165) is 10.6 Å². The Morgan fingerprint density at radius 3 is 2.28 bits per heavy atom. The van der Waals surface area contributed by atoms with Gasteiger partial charge in [-0.15, -0.1) is 11.3 Å². The molecule has 3 rings (SSSR count). The number of aryl methyl sites for hydroxylation is 1. The van der Waals surface area contributed by atoms with Crippen LogP contribution in [0, 0.1) is 6.92 Å². The molecule has 0 aliphatic carbocycles. The summed E-state index contributed by atoms with van der Waals surface area (Å²) in [7, 11) is 1.58. The minimum atomic E-state index is -0.276. The molecule has 0 spiro atoms. The number of carbonyl (C=O) groups excluding carboxylic acids is 2. The van der Waals surface area contributed by atoms with E-state index in [2.05, 4.69) is 15.6 Å². The largest absolute Gasteiger partial charge is 0.355 e. The smallest absolute Gasteiger partial charge is 0.275 e. The van der Waals surface area contributed by atoms with Gasteiger partial charge in [-0.1, -0.05) is 29.8 Å². The van der Waals surface area contributed by atoms with E-state index in [1.807, 2.05) is 31.2 Å². The number of anilines is 1. The van der Waals surface area contributed by atoms with E-state index in [0.29, 0.717) is 16.9 Å². The summed E-state index contributed by atoms with van der Waals surface area (Å²) < 4.78 is 0. The van der Waals surface area contributed by atoms with Crippen molar-refractivity contribution in [3.63, 3.8) is 0 Å². The minimum Gasteiger partial charge on any atom is -0.355 e. The van der Waals surface area contributed by atoms with Gasteiger partial charge in [-0.25, -0.2) is 4.98 Å². The number of hydrogen-bond donors (Lipinski definition) is 2. The highest BCUT2D eigenvalue weighted by atomic mass is 32.1. The second kappa shape index (κ2) is 7.27. The highest BCUT2D eigenvalue weighted by Crippen LogP contribution is 2.24. The van der Waals surface area contributed by atoms with Gasteiger partial charge in [0.05, 0.1) is 0 Å². The van der Waals surface area contributed by atoms with Gasteiger partial charge < -0.3 is 10.6 Å². The number of thiazole rings is 1. The van der Waals surface area contributed by atoms with Gasteiger partial charge in [-0.3, -0.25) is 9.59 Å². The predicted octanol–water partition coefficient (Wildman–Crippen LogP) is 3.73. The Kier molecular flexibility index (Phi) is 4.90. The Bertz CT molecular complexity index is 899. The molecule has 0 fully saturated rings. The molecule has 0 saturated carbocycles. The molecule has 0 aliphatic rings. The van der Waals surface area contributed by atoms with E-state index < -0.39 is 0 Å². The highest BCUT2D eigenvalue weighted by Gasteiger charge is 2.12. The monoisotopic (exact) mass is 351 g/mol. The maximum absolute atomic E-state index is 12.3. The van der Waals surface area contributed by atoms with Crippen LogP contribution < -0.4 is 10.6 Å². The lowest BCUT2D eigenvalue weighted by Crippen LogP contribution is -2.18. The van der Waals surface area contributed by atoms with Gasteiger partial charge in [0.15, 0.2) is 0 Å². The van der Waals surface area contributed by atoms with Crippen LogP contribution in [0.3, 0.4) is 0 Å². The number of benzene rings is 2. The second-order valence-electron chi connectivity index (χ2n) is 5.51. The lowest BCUT2D eigenvalue weighted by molar-refractivity contribution is 0.0962. The van der Waals surface area contributed by atoms with Crippen molar-refractivity contribution in [2.24, 2.45) is 0 Å². The van der Waals surface area contributed by atoms with Crippen molar-refractivity contribution < 1.29 is 9.59 Å². The number of nitrogens with one attached hydrogen (secondary N) is 2. The fourth-order valence-electron chi connectivity index (χ4n) is 2.25. The minimum absolute atomic E-state index is 0.167. The second-order valence-corrected chi connectivity index (χ2v) is 6.37. The van der Waals surface area contributed by atoms with Gasteiger partial charge in [0.1, 0.15) is 10.7 Å². The molecule has 0 unspecified atom stereocenters. The number of aromatic nitrogens is 1. The molecule has 0 bridgehead atoms. The van der Waals surface area contributed by atoms with E-state index in [4.69, 9.17) is 0 Å². The zero-order valence-corrected chi connectivity index (χ0v) is 14.7. The first-order valence-corrected chi connectivity index (χ1v) is 8.61. The Morgan fingerprint density at radius 1 is 0.960 bits per heavy atom. The summed E-state index contributed by atoms with van der Waals surface area (Å²) in [4.78, 5) is 28.3. The third-order valence-electron chi connectivity index (χ3n) is 3.67. The lowest BCUT2D eigenvalue weighted by atomic mass is 10.2. The van der Waals surface area contributed by atoms with E-state index in [9.17, 15) is 9.59 Å². The molecule has 0 aliphatic heterocycles. The summed E-state index contributed by atoms with van der Waals surface area (Å²) in [5.74, 6) is -0.442. The van der Waals surface area contributed by atoms with Gasteiger partial charge in [-0.2, -0.15) is 0 Å². The maximum atomic E-state index is 12.3. The molecule has 126 valence electrons. The molecule has 2 N–H and O–H groups in total. The Morgan fingerprint density at radius 2 is 1.64 bits per heavy atom. The number of amides is 2. The molecule has 5 nitrogen and oxygen atoms in total. The average Bonchev–Trinajstić information content (AvgIpc) is 3.12. The third kappa shape index (κ3) is 3.92. The van der Waals surface area contributed by atoms with Crippen LogP contribution in [0.4, 0.5) is 5.69 Å². The molecular weight excluding hydrogens is 334 g/mol. The van der Waals surface area contributed by atoms with Crippen LogP contribution in [0.2, 0.25) is 0 Å². The van der Waals surface area contributed by atoms with Gasteiger partial charge in [0, 0.05) is 29.2 Å². The fraction of sp³-hybridized carbons (Fsp3) is 0.105. The number of carbonyl (C=O) groups is 2. The van der Waals surface area contributed by atoms with Gasteiger partial charge >= 0.3 is 0 Å². The quantitative estimate of drug-likeness (QED) is 0.752. The van der Waals surface area contributed by atoms with Gasteiger partial charge in [-0.05, 0) is 31.2 Å². The maximum Gasteiger partial charge on any atom is 0.275 e. The van der Waals surface area contributed by atoms with Gasteiger partial charge in [0.2, 0.25) is 0 Å². The molecule has 2 amide bonds. The first-order valence-electron chi connectivity index (χ1n) is 7.73. The van der Waals surface area contributed by atoms with Crippen molar-refractivity contribution in [1.29, 1.82) is 0 Å². The summed E-state index contributed by atoms with van der Waals surface area (Å²) in [5, 5.41) is 7.89. The molecular formula is C19H17N3O2S. The van der Waals surface area contributed by atoms with Crippen molar-refractivity contribution in [1.82, 2.24) is 10.3 Å². The van der Waals surface area contributed by atoms with E-state index >= 15 is 0 Å². The summed E-state index contributed by atoms with van der Waals surface area (Å²) in [5.41, 5.74) is 3.69. The first-order chi connectivity index (χ1) is 12.1. The zero-order chi connectivity index (χ0) is 17.8. The molecule has 2 aromatic carbocycles. The fourth-order valence-corrected chi connectivity index (χ4v) is 3.06. The molecule has 3 aromatic rings. The van der Waals surface area contributed by atoms with Gasteiger partial charge in [0.25, 0.3) is 11.8 Å². The lowest BCUT2D eigenvalue weighted by Gasteiger charge is -2.04. The van der Waals surface area contributed by atoms with Crippen LogP contribution in [0.5, 0.6) is 0 Å². The van der Waals surface area contributed by atoms with E-state index in [-0.39, 0.29) is 11.8 Å². The Balaban J connectivity index is 1.71. The van der Waals surface area contributed by atoms with Crippen LogP contribution in [-0.2, 0) is 0 Å². The van der Waals surface area contributed by atoms with Crippen molar-refractivity contribution >= 4 is 28.8 Å². The molecule has 1 aromatic heterocycles. The molecule has 0 radical (unpaired) electrons. The number of nitrogens with zero attached hydrogens (tertiary/aromatic N) is 1. The SMILES string of the molecule is CNC(=O)c1ccc(NC(=O)c2csc(-c3ccc(C)cc3)n2)cc1. The van der Waals surface area contributed by atoms with Crippen LogP contribution in [0.15, 0.2) is 53.9 Å². The standard InChI is InChI=1S/C19H17N3O2S/c1-12-3-5-14(6-4-12)19-22-16(11-25-19)18(24)21-15-9-7-13(8-10-15)17(23)20-2/h3-11H,1-2H3,(H,20,23)(H,21,24). The van der Waals surface area contributed by atoms with Crippen LogP contribution in [0.1, 0.15) is 26.4 Å². The molecule has 1 heterocycles. The van der Waals surface area contributed by atoms with Crippen LogP contribution in [-0.4, -0.2) is 23.8 Å². The predicted molar refractivity (Wildman–Crippen MR) is 100 cm³/mol. The van der Waals surface area contributed by atoms with E-state index in [1.165, 1.54) is 16.9 Å². The van der Waals surface area contributed by atoms with Crippen LogP contribution in [0.25, 0.3) is 10.6 Å². The van der Waals surface area contributed by atoms with Crippen molar-refractivity contribution in [3.8, 4) is 10.6 Å². The van der Waals surface area contributed by atoms with Crippen molar-refractivity contribution in [3.05, 3.63) is 70.7 Å². The Hall–Kier alpha value is -2.99. The third-order valence-corrected chi connectivity index (χ3v) is 4.56. The molecule has 6 heteroatoms. The van der Waals surface area contributed by atoms with Crippen molar-refractivity contribution in [2.45, 2.75) is 6.92 Å². The molecule has 25 heavy (non-hydrogen) atoms. The summed E-state index contributed by atoms with van der Waals surface area (Å²) in [6.07, 6.45) is 0. The summed E-state index contributed by atoms with van der Waals surface area (Å²) in [6.45, 7) is 2.03. The van der Waals surface area contributed by atoms with E-state index in [1.54, 1.807) is 36.7 Å². The number of hydrogen-bond acceptors (Lipinski definition) is 4.